The molecule has 2 rings (SSSR count). The Morgan fingerprint density at radius 3 is 0.500 bits per heavy atom. The second-order valence-electron chi connectivity index (χ2n) is 10.1. The summed E-state index contributed by atoms with van der Waals surface area (Å²) in [6.45, 7) is 17.6. The Balaban J connectivity index is -0.000000136. The molecule has 0 saturated heterocycles. The van der Waals surface area contributed by atoms with Crippen molar-refractivity contribution in [1.29, 1.82) is 0 Å². The maximum absolute atomic E-state index is 8.98. The molecule has 16 nitrogen and oxygen atoms in total. The van der Waals surface area contributed by atoms with Crippen molar-refractivity contribution in [3.8, 4) is 0 Å². The van der Waals surface area contributed by atoms with Gasteiger partial charge in [-0.3, -0.25) is 0 Å². The molecule has 8 unspecified atom stereocenters. The molecule has 0 bridgehead atoms. The second kappa shape index (κ2) is 56.2. The van der Waals surface area contributed by atoms with Crippen LogP contribution in [0.2, 0.25) is 0 Å². The maximum atomic E-state index is 8.98. The van der Waals surface area contributed by atoms with Gasteiger partial charge in [-0.2, -0.15) is 36.4 Å². The molecule has 0 fully saturated rings. The molecule has 0 aliphatic rings. The van der Waals surface area contributed by atoms with Gasteiger partial charge in [-0.1, -0.05) is 0 Å². The Kier molecular flexibility index (Phi) is 69.2. The van der Waals surface area contributed by atoms with Crippen LogP contribution in [0, 0.1) is 98.8 Å². The van der Waals surface area contributed by atoms with Crippen LogP contribution >= 0.6 is 0 Å². The minimum Gasteiger partial charge on any atom is -0.368 e. The van der Waals surface area contributed by atoms with Gasteiger partial charge >= 0.3 is 0 Å². The molecule has 0 aromatic heterocycles. The number of aliphatic hydroxyl groups excluding tert-OH is 8. The minimum absolute atomic E-state index is 0. The molecule has 8 N–H and O–H groups in total. The Morgan fingerprint density at radius 1 is 0.304 bits per heavy atom. The van der Waals surface area contributed by atoms with E-state index in [2.05, 4.69) is 0 Å². The molecule has 8 atom stereocenters. The van der Waals surface area contributed by atoms with Gasteiger partial charge in [0.1, 0.15) is 0 Å². The Labute approximate surface area is 417 Å². The molecule has 0 amide bonds. The largest absolute Gasteiger partial charge is 0.368 e. The second-order valence-corrected chi connectivity index (χ2v) is 10.1. The topological polar surface area (TPSA) is 236 Å². The van der Waals surface area contributed by atoms with Crippen molar-refractivity contribution in [3.05, 3.63) is 60.7 Å². The molecule has 338 valence electrons. The van der Waals surface area contributed by atoms with E-state index in [1.807, 2.05) is 60.7 Å². The van der Waals surface area contributed by atoms with Crippen LogP contribution in [-0.2, 0) is 37.9 Å². The number of hydrogen-bond acceptors (Lipinski definition) is 16. The summed E-state index contributed by atoms with van der Waals surface area (Å²) in [5.41, 5.74) is 0. The number of rotatable bonds is 24. The number of aliphatic hydroxyl groups is 8. The van der Waals surface area contributed by atoms with Gasteiger partial charge in [-0.05, 0) is 55.4 Å². The zero-order chi connectivity index (χ0) is 41.8. The third-order valence-corrected chi connectivity index (χ3v) is 5.60. The zero-order valence-corrected chi connectivity index (χ0v) is 39.3. The number of ether oxygens (including phenoxy) is 8. The summed E-state index contributed by atoms with van der Waals surface area (Å²) in [6, 6.07) is 20.0. The Bertz CT molecular complexity index is 685. The molecule has 2 aromatic carbocycles. The third-order valence-electron chi connectivity index (χ3n) is 5.60. The van der Waals surface area contributed by atoms with E-state index in [-0.39, 0.29) is 124 Å². The maximum Gasteiger partial charge on any atom is 0.159 e. The van der Waals surface area contributed by atoms with Gasteiger partial charge in [0.05, 0.1) is 0 Å². The molecule has 56 heavy (non-hydrogen) atoms. The monoisotopic (exact) mass is 1090 g/mol. The van der Waals surface area contributed by atoms with Gasteiger partial charge in [0.25, 0.3) is 0 Å². The van der Waals surface area contributed by atoms with Crippen LogP contribution in [0.3, 0.4) is 0 Å². The van der Waals surface area contributed by atoms with Crippen molar-refractivity contribution in [3.63, 3.8) is 0 Å². The van der Waals surface area contributed by atoms with E-state index in [4.69, 9.17) is 78.7 Å². The molecular weight excluding hydrogens is 1020 g/mol. The molecule has 0 aliphatic heterocycles. The first-order chi connectivity index (χ1) is 25.8. The van der Waals surface area contributed by atoms with Crippen molar-refractivity contribution < 1.29 is 178 Å². The molecule has 0 spiro atoms. The first-order valence-corrected chi connectivity index (χ1v) is 18.5. The van der Waals surface area contributed by atoms with E-state index in [0.717, 1.165) is 0 Å². The van der Waals surface area contributed by atoms with Gasteiger partial charge in [0.15, 0.2) is 50.3 Å². The van der Waals surface area contributed by atoms with Crippen LogP contribution in [0.15, 0.2) is 60.7 Å². The zero-order valence-electron chi connectivity index (χ0n) is 34.5. The molecular formula is C38H74Eu2O16-2. The van der Waals surface area contributed by atoms with E-state index < -0.39 is 50.3 Å². The van der Waals surface area contributed by atoms with Gasteiger partial charge in [-0.15, -0.1) is 0 Å². The van der Waals surface area contributed by atoms with Crippen LogP contribution in [0.25, 0.3) is 0 Å². The van der Waals surface area contributed by atoms with Crippen LogP contribution in [0.5, 0.6) is 0 Å². The van der Waals surface area contributed by atoms with Gasteiger partial charge in [-0.25, -0.2) is 24.3 Å². The Hall–Kier alpha value is 1.23. The molecule has 2 radical (unpaired) electrons. The predicted octanol–water partition coefficient (Wildman–Crippen LogP) is 3.16. The fourth-order valence-electron chi connectivity index (χ4n) is 3.41. The molecule has 18 heteroatoms. The predicted molar refractivity (Wildman–Crippen MR) is 204 cm³/mol. The van der Waals surface area contributed by atoms with E-state index >= 15 is 0 Å². The van der Waals surface area contributed by atoms with E-state index in [1.54, 1.807) is 55.4 Å². The van der Waals surface area contributed by atoms with Crippen LogP contribution in [0.1, 0.15) is 81.1 Å². The van der Waals surface area contributed by atoms with Crippen LogP contribution in [0.4, 0.5) is 0 Å². The smallest absolute Gasteiger partial charge is 0.159 e. The summed E-state index contributed by atoms with van der Waals surface area (Å²) < 4.78 is 38.2. The first-order valence-electron chi connectivity index (χ1n) is 18.5. The quantitative estimate of drug-likeness (QED) is 0.0557. The van der Waals surface area contributed by atoms with Crippen molar-refractivity contribution in [1.82, 2.24) is 0 Å². The Morgan fingerprint density at radius 2 is 0.429 bits per heavy atom. The van der Waals surface area contributed by atoms with Crippen molar-refractivity contribution in [2.75, 3.05) is 52.9 Å². The van der Waals surface area contributed by atoms with E-state index in [0.29, 0.717) is 52.9 Å². The molecule has 0 saturated carbocycles. The fraction of sp³-hybridized carbons (Fsp3) is 0.737. The summed E-state index contributed by atoms with van der Waals surface area (Å²) >= 11 is 0. The summed E-state index contributed by atoms with van der Waals surface area (Å²) in [4.78, 5) is 0. The van der Waals surface area contributed by atoms with Crippen LogP contribution in [-0.4, -0.2) is 144 Å². The van der Waals surface area contributed by atoms with E-state index in [9.17, 15) is 0 Å². The SMILES string of the molecule is CCOC(O)CC(O)OCC.CCOC(O)CC(O)OCC.CCOC(O)CC(O)OCC.CCOC(O)CC(O)OCC.[Eu].[Eu].c1cc[cH-]c1.c1cc[cH-]c1. The van der Waals surface area contributed by atoms with Gasteiger partial charge in [0, 0.05) is 177 Å². The van der Waals surface area contributed by atoms with Gasteiger partial charge < -0.3 is 78.7 Å². The third kappa shape index (κ3) is 61.9. The normalized spacial score (nSPS) is 14.3. The fourth-order valence-corrected chi connectivity index (χ4v) is 3.41. The first kappa shape index (κ1) is 68.9. The average molecular weight is 1090 g/mol. The molecule has 0 aliphatic carbocycles. The van der Waals surface area contributed by atoms with E-state index in [1.165, 1.54) is 0 Å². The molecule has 0 heterocycles. The summed E-state index contributed by atoms with van der Waals surface area (Å²) in [5, 5.41) is 71.9. The van der Waals surface area contributed by atoms with Crippen molar-refractivity contribution >= 4 is 0 Å². The van der Waals surface area contributed by atoms with Crippen molar-refractivity contribution in [2.24, 2.45) is 0 Å². The standard InChI is InChI=1S/4C7H16O4.2C5H5.2Eu/c4*1-3-10-6(8)5-7(9)11-4-2;2*1-2-4-5-3-1;;/h4*6-9H,3-5H2,1-2H3;2*1-5H;;/q;;;;2*-1;;. The summed E-state index contributed by atoms with van der Waals surface area (Å²) in [6.07, 6.45) is -7.04. The van der Waals surface area contributed by atoms with Crippen molar-refractivity contribution in [2.45, 2.75) is 131 Å². The average Bonchev–Trinajstić information content (AvgIpc) is 3.87. The molecule has 2 aromatic rings. The summed E-state index contributed by atoms with van der Waals surface area (Å²) in [7, 11) is 0. The van der Waals surface area contributed by atoms with Gasteiger partial charge in [0.2, 0.25) is 0 Å². The minimum atomic E-state index is -0.929. The van der Waals surface area contributed by atoms with Crippen LogP contribution < -0.4 is 0 Å². The number of hydrogen-bond donors (Lipinski definition) is 8. The summed E-state index contributed by atoms with van der Waals surface area (Å²) in [5.74, 6) is 0.